The lowest BCUT2D eigenvalue weighted by molar-refractivity contribution is -0.385. The van der Waals surface area contributed by atoms with Crippen LogP contribution in [0.5, 0.6) is 0 Å². The average Bonchev–Trinajstić information content (AvgIpc) is 2.03. The molecule has 0 unspecified atom stereocenters. The molecule has 0 fully saturated rings. The second-order valence-corrected chi connectivity index (χ2v) is 2.02. The number of nitro benzene ring substituents is 1. The van der Waals surface area contributed by atoms with Gasteiger partial charge in [0, 0.05) is 6.07 Å². The van der Waals surface area contributed by atoms with Crippen molar-refractivity contribution in [2.75, 3.05) is 0 Å². The molecule has 0 amide bonds. The van der Waals surface area contributed by atoms with E-state index in [9.17, 15) is 19.3 Å². The molecule has 1 radical (unpaired) electrons. The maximum Gasteiger partial charge on any atom is 0.280 e. The fourth-order valence-corrected chi connectivity index (χ4v) is 0.749. The number of nitrogens with zero attached hydrogens (tertiary/aromatic N) is 1. The Morgan fingerprint density at radius 1 is 1.50 bits per heavy atom. The SMILES string of the molecule is O=[C]c1cc(F)ccc1[N+](=O)[O-]. The van der Waals surface area contributed by atoms with Crippen molar-refractivity contribution in [3.05, 3.63) is 39.7 Å². The van der Waals surface area contributed by atoms with Gasteiger partial charge in [-0.3, -0.25) is 14.9 Å². The van der Waals surface area contributed by atoms with Crippen LogP contribution in [0.1, 0.15) is 5.56 Å². The van der Waals surface area contributed by atoms with Gasteiger partial charge in [-0.25, -0.2) is 4.39 Å². The van der Waals surface area contributed by atoms with Gasteiger partial charge in [-0.15, -0.1) is 0 Å². The van der Waals surface area contributed by atoms with E-state index in [0.717, 1.165) is 18.2 Å². The van der Waals surface area contributed by atoms with E-state index in [0.29, 0.717) is 0 Å². The number of rotatable bonds is 2. The fourth-order valence-electron chi connectivity index (χ4n) is 0.749. The van der Waals surface area contributed by atoms with Crippen LogP contribution in [-0.4, -0.2) is 11.2 Å². The van der Waals surface area contributed by atoms with E-state index in [-0.39, 0.29) is 5.56 Å². The number of benzene rings is 1. The molecule has 1 rings (SSSR count). The Balaban J connectivity index is 3.29. The van der Waals surface area contributed by atoms with Crippen LogP contribution in [0.25, 0.3) is 0 Å². The molecule has 61 valence electrons. The first-order chi connectivity index (χ1) is 5.65. The molecule has 0 aliphatic carbocycles. The number of halogens is 1. The van der Waals surface area contributed by atoms with Crippen molar-refractivity contribution in [3.63, 3.8) is 0 Å². The van der Waals surface area contributed by atoms with E-state index >= 15 is 0 Å². The predicted molar refractivity (Wildman–Crippen MR) is 37.8 cm³/mol. The fraction of sp³-hybridized carbons (Fsp3) is 0. The summed E-state index contributed by atoms with van der Waals surface area (Å²) >= 11 is 0. The highest BCUT2D eigenvalue weighted by Crippen LogP contribution is 2.16. The first-order valence-corrected chi connectivity index (χ1v) is 2.97. The molecule has 1 aromatic carbocycles. The summed E-state index contributed by atoms with van der Waals surface area (Å²) in [6, 6.07) is 2.61. The van der Waals surface area contributed by atoms with E-state index < -0.39 is 16.4 Å². The van der Waals surface area contributed by atoms with Crippen LogP contribution < -0.4 is 0 Å². The van der Waals surface area contributed by atoms with Crippen LogP contribution >= 0.6 is 0 Å². The maximum atomic E-state index is 12.4. The summed E-state index contributed by atoms with van der Waals surface area (Å²) in [5.74, 6) is -0.695. The molecule has 0 aliphatic rings. The van der Waals surface area contributed by atoms with E-state index in [1.54, 1.807) is 0 Å². The lowest BCUT2D eigenvalue weighted by Gasteiger charge is -1.93. The van der Waals surface area contributed by atoms with Gasteiger partial charge in [-0.2, -0.15) is 0 Å². The van der Waals surface area contributed by atoms with Gasteiger partial charge < -0.3 is 0 Å². The second-order valence-electron chi connectivity index (χ2n) is 2.02. The molecule has 1 aromatic rings. The van der Waals surface area contributed by atoms with Gasteiger partial charge in [0.05, 0.1) is 4.92 Å². The molecule has 4 nitrogen and oxygen atoms in total. The summed E-state index contributed by atoms with van der Waals surface area (Å²) in [6.07, 6.45) is 1.29. The predicted octanol–water partition coefficient (Wildman–Crippen LogP) is 1.19. The number of carbonyl (C=O) groups excluding carboxylic acids is 1. The lowest BCUT2D eigenvalue weighted by atomic mass is 10.2. The Morgan fingerprint density at radius 2 is 2.17 bits per heavy atom. The van der Waals surface area contributed by atoms with Crippen LogP contribution in [-0.2, 0) is 4.79 Å². The molecule has 0 bridgehead atoms. The number of hydrogen-bond acceptors (Lipinski definition) is 3. The molecule has 12 heavy (non-hydrogen) atoms. The number of hydrogen-bond donors (Lipinski definition) is 0. The van der Waals surface area contributed by atoms with Gasteiger partial charge in [-0.05, 0) is 12.1 Å². The molecule has 0 aliphatic heterocycles. The third-order valence-corrected chi connectivity index (χ3v) is 1.27. The van der Waals surface area contributed by atoms with E-state index in [2.05, 4.69) is 0 Å². The zero-order valence-corrected chi connectivity index (χ0v) is 5.78. The van der Waals surface area contributed by atoms with Crippen LogP contribution in [0.2, 0.25) is 0 Å². The van der Waals surface area contributed by atoms with E-state index in [1.165, 1.54) is 6.29 Å². The highest BCUT2D eigenvalue weighted by atomic mass is 19.1. The Labute approximate surface area is 66.8 Å². The molecule has 0 spiro atoms. The Bertz CT molecular complexity index is 337. The minimum absolute atomic E-state index is 0.375. The molecular weight excluding hydrogens is 165 g/mol. The standard InChI is InChI=1S/C7H3FNO3/c8-6-1-2-7(9(11)12)5(3-6)4-10/h1-3H. The smallest absolute Gasteiger partial charge is 0.280 e. The van der Waals surface area contributed by atoms with Crippen LogP contribution in [0.15, 0.2) is 18.2 Å². The average molecular weight is 168 g/mol. The normalized spacial score (nSPS) is 9.42. The maximum absolute atomic E-state index is 12.4. The molecule has 0 aromatic heterocycles. The Hall–Kier alpha value is -1.78. The van der Waals surface area contributed by atoms with Gasteiger partial charge in [0.15, 0.2) is 0 Å². The number of nitro groups is 1. The first kappa shape index (κ1) is 8.32. The van der Waals surface area contributed by atoms with Crippen molar-refractivity contribution >= 4 is 12.0 Å². The Kier molecular flexibility index (Phi) is 2.14. The van der Waals surface area contributed by atoms with Gasteiger partial charge in [0.2, 0.25) is 6.29 Å². The molecule has 0 saturated carbocycles. The van der Waals surface area contributed by atoms with Crippen molar-refractivity contribution in [2.24, 2.45) is 0 Å². The van der Waals surface area contributed by atoms with Crippen molar-refractivity contribution in [2.45, 2.75) is 0 Å². The minimum Gasteiger partial charge on any atom is -0.285 e. The van der Waals surface area contributed by atoms with Crippen LogP contribution in [0, 0.1) is 15.9 Å². The monoisotopic (exact) mass is 168 g/mol. The molecule has 0 saturated heterocycles. The second kappa shape index (κ2) is 3.08. The van der Waals surface area contributed by atoms with Crippen molar-refractivity contribution in [3.8, 4) is 0 Å². The van der Waals surface area contributed by atoms with E-state index in [4.69, 9.17) is 0 Å². The van der Waals surface area contributed by atoms with Gasteiger partial charge >= 0.3 is 0 Å². The lowest BCUT2D eigenvalue weighted by Crippen LogP contribution is -1.94. The van der Waals surface area contributed by atoms with Crippen molar-refractivity contribution in [1.82, 2.24) is 0 Å². The summed E-state index contributed by atoms with van der Waals surface area (Å²) in [5.41, 5.74) is -0.814. The first-order valence-electron chi connectivity index (χ1n) is 2.97. The highest BCUT2D eigenvalue weighted by molar-refractivity contribution is 5.81. The van der Waals surface area contributed by atoms with Gasteiger partial charge in [-0.1, -0.05) is 0 Å². The zero-order chi connectivity index (χ0) is 9.14. The van der Waals surface area contributed by atoms with Crippen LogP contribution in [0.4, 0.5) is 10.1 Å². The van der Waals surface area contributed by atoms with Gasteiger partial charge in [0.25, 0.3) is 5.69 Å². The summed E-state index contributed by atoms with van der Waals surface area (Å²) in [4.78, 5) is 19.5. The molecule has 0 atom stereocenters. The largest absolute Gasteiger partial charge is 0.285 e. The summed E-state index contributed by atoms with van der Waals surface area (Å²) in [7, 11) is 0. The van der Waals surface area contributed by atoms with E-state index in [1.807, 2.05) is 0 Å². The minimum atomic E-state index is -0.764. The van der Waals surface area contributed by atoms with Crippen molar-refractivity contribution in [1.29, 1.82) is 0 Å². The van der Waals surface area contributed by atoms with Crippen molar-refractivity contribution < 1.29 is 14.1 Å². The highest BCUT2D eigenvalue weighted by Gasteiger charge is 2.13. The Morgan fingerprint density at radius 3 is 2.67 bits per heavy atom. The van der Waals surface area contributed by atoms with Gasteiger partial charge in [0.1, 0.15) is 11.4 Å². The quantitative estimate of drug-likeness (QED) is 0.492. The zero-order valence-electron chi connectivity index (χ0n) is 5.78. The van der Waals surface area contributed by atoms with Crippen LogP contribution in [0.3, 0.4) is 0 Å². The molecule has 5 heteroatoms. The molecular formula is C7H3FNO3. The third kappa shape index (κ3) is 1.45. The summed E-state index contributed by atoms with van der Waals surface area (Å²) in [6.45, 7) is 0. The summed E-state index contributed by atoms with van der Waals surface area (Å²) in [5, 5.41) is 10.2. The summed E-state index contributed by atoms with van der Waals surface area (Å²) < 4.78 is 12.4. The third-order valence-electron chi connectivity index (χ3n) is 1.27. The topological polar surface area (TPSA) is 60.2 Å². The molecule has 0 N–H and O–H groups in total. The molecule has 0 heterocycles.